The van der Waals surface area contributed by atoms with Gasteiger partial charge in [0.15, 0.2) is 17.8 Å². The lowest BCUT2D eigenvalue weighted by Crippen LogP contribution is -2.36. The summed E-state index contributed by atoms with van der Waals surface area (Å²) in [7, 11) is 1.32. The van der Waals surface area contributed by atoms with Crippen LogP contribution in [0, 0.1) is 22.8 Å². The van der Waals surface area contributed by atoms with E-state index < -0.39 is 11.6 Å². The molecule has 0 spiro atoms. The molecule has 1 aliphatic heterocycles. The maximum absolute atomic E-state index is 14.7. The minimum Gasteiger partial charge on any atom is -0.624 e. The molecule has 1 saturated heterocycles. The Kier molecular flexibility index (Phi) is 7.35. The Morgan fingerprint density at radius 3 is 2.44 bits per heavy atom. The van der Waals surface area contributed by atoms with E-state index in [0.717, 1.165) is 43.9 Å². The Balaban J connectivity index is 1.33. The number of aryl methyl sites for hydroxylation is 1. The number of aromatic nitrogens is 2. The molecule has 0 atom stereocenters. The van der Waals surface area contributed by atoms with Crippen LogP contribution < -0.4 is 9.64 Å². The van der Waals surface area contributed by atoms with Crippen molar-refractivity contribution < 1.29 is 18.3 Å². The minimum absolute atomic E-state index is 0.156. The van der Waals surface area contributed by atoms with Crippen LogP contribution in [0.2, 0.25) is 0 Å². The van der Waals surface area contributed by atoms with Crippen molar-refractivity contribution in [3.8, 4) is 16.9 Å². The van der Waals surface area contributed by atoms with Gasteiger partial charge < -0.3 is 14.8 Å². The van der Waals surface area contributed by atoms with Crippen molar-refractivity contribution in [2.24, 2.45) is 5.92 Å². The van der Waals surface area contributed by atoms with Crippen LogP contribution in [0.1, 0.15) is 30.9 Å². The van der Waals surface area contributed by atoms with Gasteiger partial charge in [0.05, 0.1) is 6.61 Å². The quantitative estimate of drug-likeness (QED) is 0.216. The van der Waals surface area contributed by atoms with Gasteiger partial charge >= 0.3 is 0 Å². The fourth-order valence-electron chi connectivity index (χ4n) is 4.04. The first-order valence-electron chi connectivity index (χ1n) is 11.5. The highest BCUT2D eigenvalue weighted by Crippen LogP contribution is 2.29. The van der Waals surface area contributed by atoms with Crippen molar-refractivity contribution in [3.05, 3.63) is 76.8 Å². The zero-order chi connectivity index (χ0) is 24.1. The van der Waals surface area contributed by atoms with Crippen molar-refractivity contribution >= 4 is 12.2 Å². The first-order valence-corrected chi connectivity index (χ1v) is 11.5. The van der Waals surface area contributed by atoms with E-state index in [1.807, 2.05) is 12.4 Å². The molecule has 1 aliphatic rings. The Morgan fingerprint density at radius 2 is 1.82 bits per heavy atom. The number of benzene rings is 2. The summed E-state index contributed by atoms with van der Waals surface area (Å²) < 4.78 is 35.6. The van der Waals surface area contributed by atoms with E-state index in [4.69, 9.17) is 4.74 Å². The third-order valence-electron chi connectivity index (χ3n) is 6.04. The van der Waals surface area contributed by atoms with Crippen molar-refractivity contribution in [2.45, 2.75) is 26.2 Å². The van der Waals surface area contributed by atoms with Crippen LogP contribution in [-0.2, 0) is 6.42 Å². The van der Waals surface area contributed by atoms with Crippen molar-refractivity contribution in [1.82, 2.24) is 9.97 Å². The first-order chi connectivity index (χ1) is 16.4. The molecular formula is C26H28F2N4O2. The second-order valence-corrected chi connectivity index (χ2v) is 8.55. The molecule has 1 aromatic heterocycles. The van der Waals surface area contributed by atoms with Gasteiger partial charge in [0.25, 0.3) is 0 Å². The third-order valence-corrected chi connectivity index (χ3v) is 6.04. The van der Waals surface area contributed by atoms with Gasteiger partial charge in [0.1, 0.15) is 12.9 Å². The molecule has 0 radical (unpaired) electrons. The number of ether oxygens (including phenoxy) is 1. The molecule has 0 N–H and O–H groups in total. The highest BCUT2D eigenvalue weighted by atomic mass is 19.1. The largest absolute Gasteiger partial charge is 0.624 e. The highest BCUT2D eigenvalue weighted by Gasteiger charge is 2.22. The Labute approximate surface area is 198 Å². The molecule has 34 heavy (non-hydrogen) atoms. The highest BCUT2D eigenvalue weighted by molar-refractivity contribution is 5.78. The van der Waals surface area contributed by atoms with Gasteiger partial charge in [0.2, 0.25) is 5.95 Å². The third kappa shape index (κ3) is 5.68. The van der Waals surface area contributed by atoms with Crippen molar-refractivity contribution in [2.75, 3.05) is 31.6 Å². The van der Waals surface area contributed by atoms with Crippen LogP contribution in [0.25, 0.3) is 11.1 Å². The van der Waals surface area contributed by atoms with Crippen LogP contribution in [0.3, 0.4) is 0 Å². The fourth-order valence-corrected chi connectivity index (χ4v) is 4.04. The van der Waals surface area contributed by atoms with Crippen LogP contribution in [0.15, 0.2) is 48.8 Å². The molecule has 0 amide bonds. The summed E-state index contributed by atoms with van der Waals surface area (Å²) >= 11 is 0. The van der Waals surface area contributed by atoms with E-state index in [0.29, 0.717) is 28.4 Å². The van der Waals surface area contributed by atoms with E-state index in [-0.39, 0.29) is 11.3 Å². The van der Waals surface area contributed by atoms with E-state index in [1.54, 1.807) is 12.1 Å². The molecule has 8 heteroatoms. The summed E-state index contributed by atoms with van der Waals surface area (Å²) in [6.07, 6.45) is 7.74. The molecule has 0 unspecified atom stereocenters. The number of halogens is 2. The van der Waals surface area contributed by atoms with Crippen LogP contribution in [0.5, 0.6) is 5.75 Å². The second kappa shape index (κ2) is 10.6. The number of nitrogens with zero attached hydrogens (tertiary/aromatic N) is 4. The molecular weight excluding hydrogens is 438 g/mol. The van der Waals surface area contributed by atoms with Gasteiger partial charge in [-0.25, -0.2) is 23.5 Å². The summed E-state index contributed by atoms with van der Waals surface area (Å²) in [6, 6.07) is 8.85. The lowest BCUT2D eigenvalue weighted by atomic mass is 9.98. The molecule has 1 fully saturated rings. The first kappa shape index (κ1) is 23.6. The molecule has 6 nitrogen and oxygen atoms in total. The predicted octanol–water partition coefficient (Wildman–Crippen LogP) is 4.84. The van der Waals surface area contributed by atoms with Gasteiger partial charge in [-0.3, -0.25) is 0 Å². The zero-order valence-corrected chi connectivity index (χ0v) is 19.4. The zero-order valence-electron chi connectivity index (χ0n) is 19.4. The van der Waals surface area contributed by atoms with Gasteiger partial charge in [-0.1, -0.05) is 19.1 Å². The molecule has 0 bridgehead atoms. The SMILES string of the molecule is CCc1cnc(N2CCC(COc3ccc(-c4ccc(/C=[N+](/C)[O-])cc4F)cc3F)CC2)nc1. The predicted molar refractivity (Wildman–Crippen MR) is 128 cm³/mol. The topological polar surface area (TPSA) is 64.3 Å². The van der Waals surface area contributed by atoms with E-state index >= 15 is 0 Å². The summed E-state index contributed by atoms with van der Waals surface area (Å²) in [5, 5.41) is 11.1. The lowest BCUT2D eigenvalue weighted by molar-refractivity contribution is -0.416. The molecule has 0 aliphatic carbocycles. The number of hydrogen-bond donors (Lipinski definition) is 0. The Hall–Kier alpha value is -3.55. The van der Waals surface area contributed by atoms with Gasteiger partial charge in [0, 0.05) is 36.6 Å². The Morgan fingerprint density at radius 1 is 1.09 bits per heavy atom. The van der Waals surface area contributed by atoms with Gasteiger partial charge in [-0.2, -0.15) is 0 Å². The average Bonchev–Trinajstić information content (AvgIpc) is 2.83. The molecule has 2 heterocycles. The summed E-state index contributed by atoms with van der Waals surface area (Å²) in [6.45, 7) is 4.15. The van der Waals surface area contributed by atoms with Crippen molar-refractivity contribution in [3.63, 3.8) is 0 Å². The normalized spacial score (nSPS) is 14.9. The van der Waals surface area contributed by atoms with Crippen LogP contribution in [0.4, 0.5) is 14.7 Å². The van der Waals surface area contributed by atoms with Gasteiger partial charge in [-0.05, 0) is 60.6 Å². The van der Waals surface area contributed by atoms with Gasteiger partial charge in [-0.15, -0.1) is 0 Å². The number of rotatable bonds is 7. The average molecular weight is 467 g/mol. The molecule has 0 saturated carbocycles. The number of hydroxylamine groups is 1. The monoisotopic (exact) mass is 466 g/mol. The molecule has 4 rings (SSSR count). The summed E-state index contributed by atoms with van der Waals surface area (Å²) in [5.41, 5.74) is 2.23. The van der Waals surface area contributed by atoms with E-state index in [2.05, 4.69) is 21.8 Å². The number of hydrogen-bond acceptors (Lipinski definition) is 5. The molecule has 3 aromatic rings. The van der Waals surface area contributed by atoms with E-state index in [1.165, 1.54) is 37.5 Å². The summed E-state index contributed by atoms with van der Waals surface area (Å²) in [5.74, 6) is 0.155. The number of piperidine rings is 1. The van der Waals surface area contributed by atoms with Crippen LogP contribution >= 0.6 is 0 Å². The molecule has 2 aromatic carbocycles. The number of anilines is 1. The standard InChI is InChI=1S/C26H28F2N4O2/c1-3-18-14-29-26(30-15-18)32-10-8-19(9-11-32)17-34-25-7-5-21(13-24(25)28)22-6-4-20(12-23(22)27)16-31(2)33/h4-7,12-16,19H,3,8-11,17H2,1-2H3/b31-16-. The Bertz CT molecular complexity index is 1160. The molecule has 178 valence electrons. The smallest absolute Gasteiger partial charge is 0.225 e. The maximum atomic E-state index is 14.7. The van der Waals surface area contributed by atoms with E-state index in [9.17, 15) is 14.0 Å². The lowest BCUT2D eigenvalue weighted by Gasteiger charge is -2.31. The fraction of sp³-hybridized carbons (Fsp3) is 0.346. The minimum atomic E-state index is -0.534. The van der Waals surface area contributed by atoms with Crippen LogP contribution in [-0.4, -0.2) is 47.7 Å². The second-order valence-electron chi connectivity index (χ2n) is 8.55. The maximum Gasteiger partial charge on any atom is 0.225 e. The van der Waals surface area contributed by atoms with Crippen molar-refractivity contribution in [1.29, 1.82) is 0 Å². The summed E-state index contributed by atoms with van der Waals surface area (Å²) in [4.78, 5) is 11.1.